The van der Waals surface area contributed by atoms with Crippen molar-refractivity contribution in [3.05, 3.63) is 58.6 Å². The van der Waals surface area contributed by atoms with E-state index < -0.39 is 16.1 Å². The summed E-state index contributed by atoms with van der Waals surface area (Å²) in [6.45, 7) is 3.18. The van der Waals surface area contributed by atoms with Gasteiger partial charge in [-0.1, -0.05) is 34.1 Å². The molecule has 2 aromatic rings. The van der Waals surface area contributed by atoms with Crippen LogP contribution in [0.15, 0.2) is 57.9 Å². The molecule has 0 saturated heterocycles. The smallest absolute Gasteiger partial charge is 0.241 e. The molecule has 0 saturated carbocycles. The van der Waals surface area contributed by atoms with Crippen molar-refractivity contribution >= 4 is 37.5 Å². The van der Waals surface area contributed by atoms with Crippen molar-refractivity contribution in [3.63, 3.8) is 0 Å². The third kappa shape index (κ3) is 4.89. The third-order valence-electron chi connectivity index (χ3n) is 3.15. The van der Waals surface area contributed by atoms with E-state index in [4.69, 9.17) is 0 Å². The predicted molar refractivity (Wildman–Crippen MR) is 93.6 cm³/mol. The Bertz CT molecular complexity index is 822. The second-order valence-corrected chi connectivity index (χ2v) is 7.74. The standard InChI is InChI=1S/C16H17BrN2O3S/c1-11(13-5-3-7-15(9-13)18-12(2)20)19-23(21,22)16-8-4-6-14(17)10-16/h3-11,19H,1-2H3,(H,18,20). The van der Waals surface area contributed by atoms with Gasteiger partial charge in [0.2, 0.25) is 15.9 Å². The van der Waals surface area contributed by atoms with Crippen LogP contribution in [-0.4, -0.2) is 14.3 Å². The van der Waals surface area contributed by atoms with E-state index in [0.717, 1.165) is 5.56 Å². The van der Waals surface area contributed by atoms with Gasteiger partial charge in [-0.15, -0.1) is 0 Å². The van der Waals surface area contributed by atoms with Crippen LogP contribution < -0.4 is 10.0 Å². The Labute approximate surface area is 144 Å². The van der Waals surface area contributed by atoms with Gasteiger partial charge in [-0.05, 0) is 42.8 Å². The van der Waals surface area contributed by atoms with Crippen molar-refractivity contribution in [2.75, 3.05) is 5.32 Å². The van der Waals surface area contributed by atoms with Crippen LogP contribution in [0.4, 0.5) is 5.69 Å². The number of halogens is 1. The van der Waals surface area contributed by atoms with E-state index in [0.29, 0.717) is 10.2 Å². The number of carbonyl (C=O) groups is 1. The van der Waals surface area contributed by atoms with E-state index in [1.807, 2.05) is 0 Å². The number of hydrogen-bond donors (Lipinski definition) is 2. The molecule has 0 aliphatic rings. The molecule has 0 aromatic heterocycles. The summed E-state index contributed by atoms with van der Waals surface area (Å²) < 4.78 is 28.2. The summed E-state index contributed by atoms with van der Waals surface area (Å²) in [5, 5.41) is 2.68. The molecular weight excluding hydrogens is 380 g/mol. The molecule has 2 N–H and O–H groups in total. The first-order valence-electron chi connectivity index (χ1n) is 6.93. The molecule has 5 nitrogen and oxygen atoms in total. The Morgan fingerprint density at radius 1 is 1.13 bits per heavy atom. The summed E-state index contributed by atoms with van der Waals surface area (Å²) in [5.41, 5.74) is 1.39. The molecule has 1 amide bonds. The van der Waals surface area contributed by atoms with Gasteiger partial charge in [0.15, 0.2) is 0 Å². The number of carbonyl (C=O) groups excluding carboxylic acids is 1. The van der Waals surface area contributed by atoms with E-state index in [9.17, 15) is 13.2 Å². The van der Waals surface area contributed by atoms with Gasteiger partial charge in [-0.25, -0.2) is 13.1 Å². The molecule has 0 aliphatic heterocycles. The summed E-state index contributed by atoms with van der Waals surface area (Å²) in [7, 11) is -3.63. The van der Waals surface area contributed by atoms with Crippen LogP contribution in [0.5, 0.6) is 0 Å². The second-order valence-electron chi connectivity index (χ2n) is 5.11. The summed E-state index contributed by atoms with van der Waals surface area (Å²) in [5.74, 6) is -0.176. The Morgan fingerprint density at radius 2 is 1.83 bits per heavy atom. The molecule has 0 fully saturated rings. The zero-order chi connectivity index (χ0) is 17.0. The number of amides is 1. The first-order valence-corrected chi connectivity index (χ1v) is 9.21. The molecule has 0 spiro atoms. The van der Waals surface area contributed by atoms with Crippen LogP contribution in [0.3, 0.4) is 0 Å². The predicted octanol–water partition coefficient (Wildman–Crippen LogP) is 3.45. The van der Waals surface area contributed by atoms with E-state index in [2.05, 4.69) is 26.0 Å². The minimum atomic E-state index is -3.63. The first-order chi connectivity index (χ1) is 10.8. The fourth-order valence-electron chi connectivity index (χ4n) is 2.09. The summed E-state index contributed by atoms with van der Waals surface area (Å²) in [6.07, 6.45) is 0. The van der Waals surface area contributed by atoms with Gasteiger partial charge in [0.25, 0.3) is 0 Å². The zero-order valence-electron chi connectivity index (χ0n) is 12.7. The van der Waals surface area contributed by atoms with Gasteiger partial charge < -0.3 is 5.32 Å². The Morgan fingerprint density at radius 3 is 2.48 bits per heavy atom. The highest BCUT2D eigenvalue weighted by Gasteiger charge is 2.18. The number of sulfonamides is 1. The number of anilines is 1. The molecule has 7 heteroatoms. The normalized spacial score (nSPS) is 12.7. The highest BCUT2D eigenvalue weighted by atomic mass is 79.9. The molecule has 0 aliphatic carbocycles. The lowest BCUT2D eigenvalue weighted by atomic mass is 10.1. The lowest BCUT2D eigenvalue weighted by Crippen LogP contribution is -2.27. The van der Waals surface area contributed by atoms with Crippen molar-refractivity contribution in [1.29, 1.82) is 0 Å². The van der Waals surface area contributed by atoms with Gasteiger partial charge in [0.1, 0.15) is 0 Å². The number of nitrogens with one attached hydrogen (secondary N) is 2. The van der Waals surface area contributed by atoms with Crippen molar-refractivity contribution in [1.82, 2.24) is 4.72 Å². The molecule has 122 valence electrons. The van der Waals surface area contributed by atoms with E-state index in [-0.39, 0.29) is 10.8 Å². The molecule has 1 atom stereocenters. The topological polar surface area (TPSA) is 75.3 Å². The fourth-order valence-corrected chi connectivity index (χ4v) is 3.92. The van der Waals surface area contributed by atoms with Gasteiger partial charge in [0.05, 0.1) is 4.90 Å². The zero-order valence-corrected chi connectivity index (χ0v) is 15.1. The van der Waals surface area contributed by atoms with Crippen LogP contribution in [0.1, 0.15) is 25.5 Å². The quantitative estimate of drug-likeness (QED) is 0.812. The fraction of sp³-hybridized carbons (Fsp3) is 0.188. The van der Waals surface area contributed by atoms with Crippen LogP contribution in [0.25, 0.3) is 0 Å². The minimum absolute atomic E-state index is 0.176. The van der Waals surface area contributed by atoms with Crippen molar-refractivity contribution < 1.29 is 13.2 Å². The molecular formula is C16H17BrN2O3S. The van der Waals surface area contributed by atoms with Crippen LogP contribution in [-0.2, 0) is 14.8 Å². The number of benzene rings is 2. The van der Waals surface area contributed by atoms with Gasteiger partial charge in [0, 0.05) is 23.1 Å². The third-order valence-corrected chi connectivity index (χ3v) is 5.18. The molecule has 0 heterocycles. The highest BCUT2D eigenvalue weighted by molar-refractivity contribution is 9.10. The summed E-state index contributed by atoms with van der Waals surface area (Å²) in [6, 6.07) is 13.1. The molecule has 23 heavy (non-hydrogen) atoms. The largest absolute Gasteiger partial charge is 0.326 e. The van der Waals surface area contributed by atoms with Crippen LogP contribution in [0, 0.1) is 0 Å². The maximum absolute atomic E-state index is 12.4. The van der Waals surface area contributed by atoms with Crippen molar-refractivity contribution in [2.24, 2.45) is 0 Å². The number of hydrogen-bond acceptors (Lipinski definition) is 3. The lowest BCUT2D eigenvalue weighted by molar-refractivity contribution is -0.114. The maximum atomic E-state index is 12.4. The minimum Gasteiger partial charge on any atom is -0.326 e. The first kappa shape index (κ1) is 17.7. The number of rotatable bonds is 5. The highest BCUT2D eigenvalue weighted by Crippen LogP contribution is 2.21. The monoisotopic (exact) mass is 396 g/mol. The Balaban J connectivity index is 2.21. The van der Waals surface area contributed by atoms with Crippen molar-refractivity contribution in [2.45, 2.75) is 24.8 Å². The van der Waals surface area contributed by atoms with Crippen LogP contribution >= 0.6 is 15.9 Å². The second kappa shape index (κ2) is 7.25. The van der Waals surface area contributed by atoms with Gasteiger partial charge in [-0.2, -0.15) is 0 Å². The molecule has 0 radical (unpaired) electrons. The van der Waals surface area contributed by atoms with E-state index in [1.165, 1.54) is 13.0 Å². The Hall–Kier alpha value is -1.70. The van der Waals surface area contributed by atoms with E-state index in [1.54, 1.807) is 49.4 Å². The molecule has 2 aromatic carbocycles. The van der Waals surface area contributed by atoms with Gasteiger partial charge >= 0.3 is 0 Å². The molecule has 0 bridgehead atoms. The lowest BCUT2D eigenvalue weighted by Gasteiger charge is -2.16. The summed E-state index contributed by atoms with van der Waals surface area (Å²) in [4.78, 5) is 11.3. The average Bonchev–Trinajstić information content (AvgIpc) is 2.46. The Kier molecular flexibility index (Phi) is 5.56. The summed E-state index contributed by atoms with van der Waals surface area (Å²) >= 11 is 3.27. The van der Waals surface area contributed by atoms with E-state index >= 15 is 0 Å². The van der Waals surface area contributed by atoms with Crippen molar-refractivity contribution in [3.8, 4) is 0 Å². The molecule has 2 rings (SSSR count). The molecule has 1 unspecified atom stereocenters. The van der Waals surface area contributed by atoms with Crippen LogP contribution in [0.2, 0.25) is 0 Å². The SMILES string of the molecule is CC(=O)Nc1cccc(C(C)NS(=O)(=O)c2cccc(Br)c2)c1. The average molecular weight is 397 g/mol. The van der Waals surface area contributed by atoms with Gasteiger partial charge in [-0.3, -0.25) is 4.79 Å². The maximum Gasteiger partial charge on any atom is 0.241 e.